The Labute approximate surface area is 131 Å². The van der Waals surface area contributed by atoms with Crippen LogP contribution in [0.4, 0.5) is 5.82 Å². The summed E-state index contributed by atoms with van der Waals surface area (Å²) in [4.78, 5) is 8.49. The molecule has 1 aliphatic rings. The second-order valence-corrected chi connectivity index (χ2v) is 7.67. The molecule has 0 amide bonds. The number of anilines is 1. The molecule has 3 nitrogen and oxygen atoms in total. The Balaban J connectivity index is 1.72. The SMILES string of the molecule is CC(C)(C)NCc1ccnc(N2CCc3sccc3C2)c1. The lowest BCUT2D eigenvalue weighted by atomic mass is 10.1. The minimum atomic E-state index is 0.139. The number of fused-ring (bicyclic) bond motifs is 1. The van der Waals surface area contributed by atoms with Gasteiger partial charge in [0.05, 0.1) is 0 Å². The number of rotatable bonds is 3. The van der Waals surface area contributed by atoms with Gasteiger partial charge < -0.3 is 10.2 Å². The first kappa shape index (κ1) is 14.5. The lowest BCUT2D eigenvalue weighted by molar-refractivity contribution is 0.424. The number of pyridine rings is 1. The minimum Gasteiger partial charge on any atom is -0.352 e. The molecule has 2 aromatic heterocycles. The van der Waals surface area contributed by atoms with E-state index >= 15 is 0 Å². The van der Waals surface area contributed by atoms with E-state index in [-0.39, 0.29) is 5.54 Å². The molecule has 0 aromatic carbocycles. The van der Waals surface area contributed by atoms with Crippen LogP contribution in [0.2, 0.25) is 0 Å². The molecule has 2 aromatic rings. The highest BCUT2D eigenvalue weighted by molar-refractivity contribution is 7.10. The summed E-state index contributed by atoms with van der Waals surface area (Å²) in [6.07, 6.45) is 3.07. The Morgan fingerprint density at radius 2 is 2.19 bits per heavy atom. The van der Waals surface area contributed by atoms with Crippen molar-refractivity contribution in [3.05, 3.63) is 45.8 Å². The van der Waals surface area contributed by atoms with Crippen LogP contribution in [0.15, 0.2) is 29.8 Å². The lowest BCUT2D eigenvalue weighted by Gasteiger charge is -2.28. The number of nitrogens with zero attached hydrogens (tertiary/aromatic N) is 2. The van der Waals surface area contributed by atoms with Crippen molar-refractivity contribution in [2.75, 3.05) is 11.4 Å². The zero-order valence-corrected chi connectivity index (χ0v) is 13.8. The largest absolute Gasteiger partial charge is 0.352 e. The molecule has 3 heterocycles. The van der Waals surface area contributed by atoms with Gasteiger partial charge in [-0.05, 0) is 61.9 Å². The summed E-state index contributed by atoms with van der Waals surface area (Å²) in [5, 5.41) is 5.73. The van der Waals surface area contributed by atoms with Gasteiger partial charge in [0.25, 0.3) is 0 Å². The smallest absolute Gasteiger partial charge is 0.129 e. The van der Waals surface area contributed by atoms with Crippen molar-refractivity contribution >= 4 is 17.2 Å². The summed E-state index contributed by atoms with van der Waals surface area (Å²) in [5.74, 6) is 1.10. The van der Waals surface area contributed by atoms with Crippen LogP contribution in [-0.2, 0) is 19.5 Å². The molecule has 0 bridgehead atoms. The fourth-order valence-electron chi connectivity index (χ4n) is 2.55. The summed E-state index contributed by atoms with van der Waals surface area (Å²) < 4.78 is 0. The van der Waals surface area contributed by atoms with Gasteiger partial charge in [-0.25, -0.2) is 4.98 Å². The molecule has 21 heavy (non-hydrogen) atoms. The highest BCUT2D eigenvalue weighted by atomic mass is 32.1. The molecule has 0 radical (unpaired) electrons. The molecule has 0 saturated heterocycles. The molecule has 0 atom stereocenters. The van der Waals surface area contributed by atoms with Crippen LogP contribution < -0.4 is 10.2 Å². The van der Waals surface area contributed by atoms with Crippen LogP contribution in [-0.4, -0.2) is 17.1 Å². The predicted octanol–water partition coefficient (Wildman–Crippen LogP) is 3.59. The summed E-state index contributed by atoms with van der Waals surface area (Å²) in [6.45, 7) is 9.52. The van der Waals surface area contributed by atoms with Crippen molar-refractivity contribution < 1.29 is 0 Å². The maximum Gasteiger partial charge on any atom is 0.129 e. The van der Waals surface area contributed by atoms with Crippen LogP contribution in [0.25, 0.3) is 0 Å². The second kappa shape index (κ2) is 5.78. The van der Waals surface area contributed by atoms with E-state index in [0.29, 0.717) is 0 Å². The van der Waals surface area contributed by atoms with Gasteiger partial charge in [-0.15, -0.1) is 11.3 Å². The van der Waals surface area contributed by atoms with Crippen LogP contribution in [0.5, 0.6) is 0 Å². The predicted molar refractivity (Wildman–Crippen MR) is 89.9 cm³/mol. The fourth-order valence-corrected chi connectivity index (χ4v) is 3.44. The number of aromatic nitrogens is 1. The third-order valence-electron chi connectivity index (χ3n) is 3.76. The number of thiophene rings is 1. The van der Waals surface area contributed by atoms with E-state index in [4.69, 9.17) is 0 Å². The van der Waals surface area contributed by atoms with Crippen molar-refractivity contribution in [3.8, 4) is 0 Å². The van der Waals surface area contributed by atoms with Gasteiger partial charge in [0, 0.05) is 36.2 Å². The van der Waals surface area contributed by atoms with E-state index in [9.17, 15) is 0 Å². The van der Waals surface area contributed by atoms with Gasteiger partial charge >= 0.3 is 0 Å². The molecule has 1 aliphatic heterocycles. The van der Waals surface area contributed by atoms with Gasteiger partial charge in [-0.2, -0.15) is 0 Å². The molecule has 0 saturated carbocycles. The van der Waals surface area contributed by atoms with Gasteiger partial charge in [0.15, 0.2) is 0 Å². The summed E-state index contributed by atoms with van der Waals surface area (Å²) >= 11 is 1.88. The van der Waals surface area contributed by atoms with Crippen molar-refractivity contribution in [1.82, 2.24) is 10.3 Å². The van der Waals surface area contributed by atoms with E-state index in [0.717, 1.165) is 31.9 Å². The van der Waals surface area contributed by atoms with Crippen molar-refractivity contribution in [3.63, 3.8) is 0 Å². The summed E-state index contributed by atoms with van der Waals surface area (Å²) in [5.41, 5.74) is 2.90. The van der Waals surface area contributed by atoms with E-state index < -0.39 is 0 Å². The lowest BCUT2D eigenvalue weighted by Crippen LogP contribution is -2.35. The van der Waals surface area contributed by atoms with Crippen LogP contribution in [0.1, 0.15) is 36.8 Å². The molecule has 0 aliphatic carbocycles. The van der Waals surface area contributed by atoms with E-state index in [1.54, 1.807) is 0 Å². The average molecular weight is 301 g/mol. The monoisotopic (exact) mass is 301 g/mol. The van der Waals surface area contributed by atoms with E-state index in [1.165, 1.54) is 16.0 Å². The quantitative estimate of drug-likeness (QED) is 0.939. The molecule has 3 rings (SSSR count). The number of hydrogen-bond donors (Lipinski definition) is 1. The number of nitrogens with one attached hydrogen (secondary N) is 1. The standard InChI is InChI=1S/C17H23N3S/c1-17(2,3)19-11-13-4-7-18-16(10-13)20-8-5-15-14(12-20)6-9-21-15/h4,6-7,9-10,19H,5,8,11-12H2,1-3H3. The highest BCUT2D eigenvalue weighted by Gasteiger charge is 2.18. The van der Waals surface area contributed by atoms with Gasteiger partial charge in [0.2, 0.25) is 0 Å². The first-order valence-electron chi connectivity index (χ1n) is 7.51. The molecule has 0 spiro atoms. The van der Waals surface area contributed by atoms with Crippen LogP contribution in [0, 0.1) is 0 Å². The van der Waals surface area contributed by atoms with Gasteiger partial charge in [-0.3, -0.25) is 0 Å². The maximum absolute atomic E-state index is 4.57. The third-order valence-corrected chi connectivity index (χ3v) is 4.79. The summed E-state index contributed by atoms with van der Waals surface area (Å²) in [7, 11) is 0. The Morgan fingerprint density at radius 1 is 1.33 bits per heavy atom. The maximum atomic E-state index is 4.57. The Morgan fingerprint density at radius 3 is 3.00 bits per heavy atom. The van der Waals surface area contributed by atoms with E-state index in [2.05, 4.69) is 59.6 Å². The first-order chi connectivity index (χ1) is 10.0. The molecular formula is C17H23N3S. The molecule has 1 N–H and O–H groups in total. The zero-order chi connectivity index (χ0) is 14.9. The first-order valence-corrected chi connectivity index (χ1v) is 8.39. The topological polar surface area (TPSA) is 28.2 Å². The third kappa shape index (κ3) is 3.63. The molecular weight excluding hydrogens is 278 g/mol. The number of hydrogen-bond acceptors (Lipinski definition) is 4. The van der Waals surface area contributed by atoms with Crippen LogP contribution >= 0.6 is 11.3 Å². The van der Waals surface area contributed by atoms with Gasteiger partial charge in [-0.1, -0.05) is 0 Å². The minimum absolute atomic E-state index is 0.139. The molecule has 0 fully saturated rings. The highest BCUT2D eigenvalue weighted by Crippen LogP contribution is 2.27. The Hall–Kier alpha value is -1.39. The Kier molecular flexibility index (Phi) is 4.00. The van der Waals surface area contributed by atoms with Gasteiger partial charge in [0.1, 0.15) is 5.82 Å². The Bertz CT molecular complexity index is 612. The van der Waals surface area contributed by atoms with Crippen molar-refractivity contribution in [2.24, 2.45) is 0 Å². The van der Waals surface area contributed by atoms with Crippen LogP contribution in [0.3, 0.4) is 0 Å². The van der Waals surface area contributed by atoms with Crippen molar-refractivity contribution in [1.29, 1.82) is 0 Å². The van der Waals surface area contributed by atoms with Crippen molar-refractivity contribution in [2.45, 2.75) is 45.8 Å². The molecule has 4 heteroatoms. The summed E-state index contributed by atoms with van der Waals surface area (Å²) in [6, 6.07) is 6.56. The molecule has 0 unspecified atom stereocenters. The van der Waals surface area contributed by atoms with E-state index in [1.807, 2.05) is 17.5 Å². The zero-order valence-electron chi connectivity index (χ0n) is 13.0. The molecule has 112 valence electrons. The second-order valence-electron chi connectivity index (χ2n) is 6.67. The average Bonchev–Trinajstić information content (AvgIpc) is 2.92. The normalized spacial score (nSPS) is 15.1. The fraction of sp³-hybridized carbons (Fsp3) is 0.471.